The average Bonchev–Trinajstić information content (AvgIpc) is 2.41. The predicted octanol–water partition coefficient (Wildman–Crippen LogP) is 0.945. The number of nitrogens with zero attached hydrogens (tertiary/aromatic N) is 2. The van der Waals surface area contributed by atoms with Crippen molar-refractivity contribution >= 4 is 11.8 Å². The van der Waals surface area contributed by atoms with Crippen molar-refractivity contribution in [3.05, 3.63) is 18.1 Å². The lowest BCUT2D eigenvalue weighted by Gasteiger charge is -2.29. The van der Waals surface area contributed by atoms with E-state index in [0.29, 0.717) is 5.82 Å². The van der Waals surface area contributed by atoms with Gasteiger partial charge in [0.05, 0.1) is 19.5 Å². The number of rotatable bonds is 3. The molecule has 0 bridgehead atoms. The molecular weight excluding hydrogens is 232 g/mol. The Morgan fingerprint density at radius 1 is 1.44 bits per heavy atom. The highest BCUT2D eigenvalue weighted by Gasteiger charge is 2.22. The van der Waals surface area contributed by atoms with Gasteiger partial charge in [-0.25, -0.2) is 9.78 Å². The SMILES string of the molecule is COC(=O)c1cncc(N[C@@H]2CCCC[C@H]2N)n1. The zero-order chi connectivity index (χ0) is 13.0. The number of anilines is 1. The molecule has 2 atom stereocenters. The number of ether oxygens (including phenoxy) is 1. The standard InChI is InChI=1S/C12H18N4O2/c1-18-12(17)10-6-14-7-11(16-10)15-9-5-3-2-4-8(9)13/h6-9H,2-5,13H2,1H3,(H,15,16)/t8-,9-/m1/s1. The van der Waals surface area contributed by atoms with Crippen LogP contribution in [0, 0.1) is 0 Å². The van der Waals surface area contributed by atoms with E-state index in [2.05, 4.69) is 20.0 Å². The number of hydrogen-bond acceptors (Lipinski definition) is 6. The molecule has 0 aromatic carbocycles. The Kier molecular flexibility index (Phi) is 4.09. The van der Waals surface area contributed by atoms with Crippen molar-refractivity contribution in [1.29, 1.82) is 0 Å². The lowest BCUT2D eigenvalue weighted by molar-refractivity contribution is 0.0593. The Hall–Kier alpha value is -1.69. The van der Waals surface area contributed by atoms with Gasteiger partial charge in [-0.3, -0.25) is 4.98 Å². The van der Waals surface area contributed by atoms with Crippen molar-refractivity contribution in [3.8, 4) is 0 Å². The van der Waals surface area contributed by atoms with Crippen LogP contribution in [0.2, 0.25) is 0 Å². The van der Waals surface area contributed by atoms with E-state index in [-0.39, 0.29) is 17.8 Å². The molecule has 1 heterocycles. The Balaban J connectivity index is 2.06. The van der Waals surface area contributed by atoms with Crippen molar-refractivity contribution in [2.24, 2.45) is 5.73 Å². The maximum atomic E-state index is 11.3. The predicted molar refractivity (Wildman–Crippen MR) is 67.2 cm³/mol. The summed E-state index contributed by atoms with van der Waals surface area (Å²) < 4.78 is 4.61. The molecule has 1 aromatic heterocycles. The minimum absolute atomic E-state index is 0.127. The molecule has 2 rings (SSSR count). The third-order valence-electron chi connectivity index (χ3n) is 3.18. The molecule has 0 saturated heterocycles. The third kappa shape index (κ3) is 2.95. The zero-order valence-electron chi connectivity index (χ0n) is 10.4. The normalized spacial score (nSPS) is 23.4. The Bertz CT molecular complexity index is 424. The molecular formula is C12H18N4O2. The van der Waals surface area contributed by atoms with Gasteiger partial charge in [0.25, 0.3) is 0 Å². The molecule has 1 saturated carbocycles. The van der Waals surface area contributed by atoms with Gasteiger partial charge >= 0.3 is 5.97 Å². The van der Waals surface area contributed by atoms with Gasteiger partial charge in [-0.2, -0.15) is 0 Å². The van der Waals surface area contributed by atoms with E-state index in [4.69, 9.17) is 5.73 Å². The summed E-state index contributed by atoms with van der Waals surface area (Å²) in [4.78, 5) is 19.5. The minimum atomic E-state index is -0.487. The summed E-state index contributed by atoms with van der Waals surface area (Å²) in [5.74, 6) is 0.0827. The van der Waals surface area contributed by atoms with Crippen molar-refractivity contribution < 1.29 is 9.53 Å². The van der Waals surface area contributed by atoms with E-state index in [0.717, 1.165) is 19.3 Å². The molecule has 0 spiro atoms. The van der Waals surface area contributed by atoms with Gasteiger partial charge in [-0.05, 0) is 12.8 Å². The lowest BCUT2D eigenvalue weighted by Crippen LogP contribution is -2.42. The number of methoxy groups -OCH3 is 1. The second-order valence-corrected chi connectivity index (χ2v) is 4.48. The van der Waals surface area contributed by atoms with E-state index in [1.165, 1.54) is 19.7 Å². The average molecular weight is 250 g/mol. The largest absolute Gasteiger partial charge is 0.464 e. The quantitative estimate of drug-likeness (QED) is 0.776. The van der Waals surface area contributed by atoms with Crippen LogP contribution >= 0.6 is 0 Å². The first-order valence-electron chi connectivity index (χ1n) is 6.13. The van der Waals surface area contributed by atoms with Crippen LogP contribution in [0.25, 0.3) is 0 Å². The van der Waals surface area contributed by atoms with Gasteiger partial charge in [-0.1, -0.05) is 12.8 Å². The molecule has 6 heteroatoms. The van der Waals surface area contributed by atoms with E-state index < -0.39 is 5.97 Å². The molecule has 6 nitrogen and oxygen atoms in total. The summed E-state index contributed by atoms with van der Waals surface area (Å²) in [6.07, 6.45) is 7.35. The molecule has 0 radical (unpaired) electrons. The molecule has 1 aliphatic rings. The monoisotopic (exact) mass is 250 g/mol. The summed E-state index contributed by atoms with van der Waals surface area (Å²) in [5, 5.41) is 3.24. The van der Waals surface area contributed by atoms with Crippen LogP contribution in [0.15, 0.2) is 12.4 Å². The van der Waals surface area contributed by atoms with E-state index in [9.17, 15) is 4.79 Å². The number of hydrogen-bond donors (Lipinski definition) is 2. The van der Waals surface area contributed by atoms with Crippen LogP contribution < -0.4 is 11.1 Å². The van der Waals surface area contributed by atoms with Gasteiger partial charge in [0.2, 0.25) is 0 Å². The first-order valence-corrected chi connectivity index (χ1v) is 6.13. The molecule has 1 aromatic rings. The van der Waals surface area contributed by atoms with E-state index >= 15 is 0 Å². The number of aromatic nitrogens is 2. The number of nitrogens with one attached hydrogen (secondary N) is 1. The van der Waals surface area contributed by atoms with Gasteiger partial charge in [-0.15, -0.1) is 0 Å². The second kappa shape index (κ2) is 5.77. The number of carbonyl (C=O) groups is 1. The van der Waals surface area contributed by atoms with E-state index in [1.807, 2.05) is 0 Å². The molecule has 0 amide bonds. The summed E-state index contributed by atoms with van der Waals surface area (Å²) in [5.41, 5.74) is 6.25. The molecule has 18 heavy (non-hydrogen) atoms. The summed E-state index contributed by atoms with van der Waals surface area (Å²) in [6.45, 7) is 0. The first-order chi connectivity index (χ1) is 8.70. The number of carbonyl (C=O) groups excluding carboxylic acids is 1. The molecule has 98 valence electrons. The van der Waals surface area contributed by atoms with Gasteiger partial charge in [0.15, 0.2) is 5.69 Å². The van der Waals surface area contributed by atoms with Gasteiger partial charge in [0.1, 0.15) is 5.82 Å². The van der Waals surface area contributed by atoms with Crippen molar-refractivity contribution in [2.75, 3.05) is 12.4 Å². The van der Waals surface area contributed by atoms with Crippen molar-refractivity contribution in [2.45, 2.75) is 37.8 Å². The van der Waals surface area contributed by atoms with Crippen molar-refractivity contribution in [1.82, 2.24) is 9.97 Å². The van der Waals surface area contributed by atoms with Gasteiger partial charge in [0, 0.05) is 12.1 Å². The van der Waals surface area contributed by atoms with Crippen LogP contribution in [-0.4, -0.2) is 35.1 Å². The summed E-state index contributed by atoms with van der Waals surface area (Å²) in [7, 11) is 1.32. The molecule has 3 N–H and O–H groups in total. The van der Waals surface area contributed by atoms with Crippen molar-refractivity contribution in [3.63, 3.8) is 0 Å². The Morgan fingerprint density at radius 2 is 2.22 bits per heavy atom. The Labute approximate surface area is 106 Å². The lowest BCUT2D eigenvalue weighted by atomic mass is 9.91. The fourth-order valence-electron chi connectivity index (χ4n) is 2.17. The topological polar surface area (TPSA) is 90.1 Å². The molecule has 1 fully saturated rings. The van der Waals surface area contributed by atoms with Crippen LogP contribution in [0.5, 0.6) is 0 Å². The highest BCUT2D eigenvalue weighted by atomic mass is 16.5. The molecule has 1 aliphatic carbocycles. The maximum absolute atomic E-state index is 11.3. The first kappa shape index (κ1) is 12.8. The highest BCUT2D eigenvalue weighted by molar-refractivity contribution is 5.87. The smallest absolute Gasteiger partial charge is 0.358 e. The third-order valence-corrected chi connectivity index (χ3v) is 3.18. The molecule has 0 aliphatic heterocycles. The highest BCUT2D eigenvalue weighted by Crippen LogP contribution is 2.20. The van der Waals surface area contributed by atoms with Crippen LogP contribution in [0.4, 0.5) is 5.82 Å². The van der Waals surface area contributed by atoms with Crippen LogP contribution in [-0.2, 0) is 4.74 Å². The number of esters is 1. The van der Waals surface area contributed by atoms with Gasteiger partial charge < -0.3 is 15.8 Å². The maximum Gasteiger partial charge on any atom is 0.358 e. The second-order valence-electron chi connectivity index (χ2n) is 4.48. The fraction of sp³-hybridized carbons (Fsp3) is 0.583. The minimum Gasteiger partial charge on any atom is -0.464 e. The Morgan fingerprint density at radius 3 is 2.94 bits per heavy atom. The summed E-state index contributed by atoms with van der Waals surface area (Å²) >= 11 is 0. The molecule has 0 unspecified atom stereocenters. The number of nitrogens with two attached hydrogens (primary N) is 1. The van der Waals surface area contributed by atoms with E-state index in [1.54, 1.807) is 6.20 Å². The summed E-state index contributed by atoms with van der Waals surface area (Å²) in [6, 6.07) is 0.322. The van der Waals surface area contributed by atoms with Crippen LogP contribution in [0.3, 0.4) is 0 Å². The fourth-order valence-corrected chi connectivity index (χ4v) is 2.17. The zero-order valence-corrected chi connectivity index (χ0v) is 10.4. The van der Waals surface area contributed by atoms with Crippen LogP contribution in [0.1, 0.15) is 36.2 Å².